The molecule has 1 fully saturated rings. The summed E-state index contributed by atoms with van der Waals surface area (Å²) in [5, 5.41) is 33.2. The zero-order valence-corrected chi connectivity index (χ0v) is 15.1. The van der Waals surface area contributed by atoms with Crippen LogP contribution < -0.4 is 0 Å². The normalized spacial score (nSPS) is 15.2. The van der Waals surface area contributed by atoms with Crippen LogP contribution in [0.15, 0.2) is 29.1 Å². The van der Waals surface area contributed by atoms with Crippen molar-refractivity contribution >= 4 is 50.5 Å². The molecule has 0 spiro atoms. The summed E-state index contributed by atoms with van der Waals surface area (Å²) < 4.78 is 2.68. The second-order valence-electron chi connectivity index (χ2n) is 5.49. The van der Waals surface area contributed by atoms with Crippen LogP contribution in [0.4, 0.5) is 0 Å². The molecule has 7 nitrogen and oxygen atoms in total. The zero-order valence-electron chi connectivity index (χ0n) is 12.8. The van der Waals surface area contributed by atoms with Crippen LogP contribution in [0.1, 0.15) is 23.9 Å². The lowest BCUT2D eigenvalue weighted by Gasteiger charge is -2.03. The van der Waals surface area contributed by atoms with Crippen molar-refractivity contribution in [2.45, 2.75) is 24.0 Å². The van der Waals surface area contributed by atoms with Gasteiger partial charge >= 0.3 is 0 Å². The summed E-state index contributed by atoms with van der Waals surface area (Å²) in [7, 11) is 0. The smallest absolute Gasteiger partial charge is 0.210 e. The van der Waals surface area contributed by atoms with Gasteiger partial charge in [0.1, 0.15) is 22.4 Å². The van der Waals surface area contributed by atoms with E-state index >= 15 is 0 Å². The maximum absolute atomic E-state index is 10.4. The van der Waals surface area contributed by atoms with Gasteiger partial charge < -0.3 is 5.11 Å². The number of aromatic nitrogens is 5. The predicted octanol–water partition coefficient (Wildman–Crippen LogP) is 3.86. The molecule has 0 unspecified atom stereocenters. The van der Waals surface area contributed by atoms with Gasteiger partial charge in [-0.25, -0.2) is 9.67 Å². The number of halogens is 1. The number of tetrazole rings is 1. The quantitative estimate of drug-likeness (QED) is 0.401. The Morgan fingerprint density at radius 3 is 3.08 bits per heavy atom. The van der Waals surface area contributed by atoms with E-state index in [0.717, 1.165) is 17.5 Å². The number of hydrogen-bond acceptors (Lipinski definition) is 8. The summed E-state index contributed by atoms with van der Waals surface area (Å²) in [6, 6.07) is 7.76. The fraction of sp³-hybridized carbons (Fsp3) is 0.267. The number of allylic oxidation sites excluding steroid dienone is 1. The Morgan fingerprint density at radius 1 is 1.48 bits per heavy atom. The molecule has 1 saturated carbocycles. The highest BCUT2D eigenvalue weighted by Crippen LogP contribution is 2.37. The molecule has 1 aliphatic carbocycles. The number of fused-ring (bicyclic) bond motifs is 1. The van der Waals surface area contributed by atoms with Gasteiger partial charge in [0.25, 0.3) is 0 Å². The van der Waals surface area contributed by atoms with Gasteiger partial charge in [-0.2, -0.15) is 5.26 Å². The van der Waals surface area contributed by atoms with Crippen molar-refractivity contribution in [3.05, 3.63) is 34.0 Å². The Morgan fingerprint density at radius 2 is 2.32 bits per heavy atom. The second kappa shape index (κ2) is 6.63. The van der Waals surface area contributed by atoms with Crippen LogP contribution in [-0.2, 0) is 0 Å². The highest BCUT2D eigenvalue weighted by Gasteiger charge is 2.28. The molecule has 1 aliphatic rings. The van der Waals surface area contributed by atoms with E-state index in [1.54, 1.807) is 16.8 Å². The topological polar surface area (TPSA) is 101 Å². The van der Waals surface area contributed by atoms with Crippen molar-refractivity contribution < 1.29 is 5.11 Å². The summed E-state index contributed by atoms with van der Waals surface area (Å²) in [5.41, 5.74) is 0.869. The first-order valence-corrected chi connectivity index (χ1v) is 9.63. The van der Waals surface area contributed by atoms with Gasteiger partial charge in [-0.3, -0.25) is 0 Å². The Balaban J connectivity index is 1.59. The predicted molar refractivity (Wildman–Crippen MR) is 96.6 cm³/mol. The van der Waals surface area contributed by atoms with Gasteiger partial charge in [0, 0.05) is 5.02 Å². The summed E-state index contributed by atoms with van der Waals surface area (Å²) >= 11 is 8.61. The Kier molecular flexibility index (Phi) is 4.33. The fourth-order valence-electron chi connectivity index (χ4n) is 2.28. The third-order valence-electron chi connectivity index (χ3n) is 3.66. The maximum Gasteiger partial charge on any atom is 0.210 e. The van der Waals surface area contributed by atoms with Crippen LogP contribution in [0.25, 0.3) is 15.8 Å². The molecule has 0 aliphatic heterocycles. The van der Waals surface area contributed by atoms with Crippen LogP contribution in [-0.4, -0.2) is 36.1 Å². The molecule has 126 valence electrons. The second-order valence-corrected chi connectivity index (χ2v) is 7.90. The number of aliphatic hydroxyl groups excluding tert-OH is 1. The summed E-state index contributed by atoms with van der Waals surface area (Å²) in [6.45, 7) is 0. The maximum atomic E-state index is 10.4. The van der Waals surface area contributed by atoms with Crippen molar-refractivity contribution in [3.63, 3.8) is 0 Å². The molecule has 3 aromatic rings. The van der Waals surface area contributed by atoms with Crippen LogP contribution in [0.2, 0.25) is 5.02 Å². The number of benzene rings is 1. The molecule has 1 aromatic carbocycles. The van der Waals surface area contributed by atoms with Gasteiger partial charge in [-0.15, -0.1) is 16.4 Å². The molecule has 0 radical (unpaired) electrons. The monoisotopic (exact) mass is 390 g/mol. The van der Waals surface area contributed by atoms with Crippen LogP contribution in [0.5, 0.6) is 0 Å². The molecule has 0 saturated heterocycles. The number of aliphatic hydroxyl groups is 1. The van der Waals surface area contributed by atoms with E-state index in [9.17, 15) is 10.4 Å². The number of hydrogen-bond donors (Lipinski definition) is 1. The van der Waals surface area contributed by atoms with E-state index in [0.29, 0.717) is 26.7 Å². The van der Waals surface area contributed by atoms with Crippen molar-refractivity contribution in [1.29, 1.82) is 5.26 Å². The molecule has 1 N–H and O–H groups in total. The van der Waals surface area contributed by atoms with Gasteiger partial charge in [0.2, 0.25) is 5.16 Å². The molecule has 2 heterocycles. The van der Waals surface area contributed by atoms with Crippen molar-refractivity contribution in [3.8, 4) is 6.07 Å². The van der Waals surface area contributed by atoms with Crippen LogP contribution >= 0.6 is 34.7 Å². The average molecular weight is 391 g/mol. The molecule has 10 heteroatoms. The van der Waals surface area contributed by atoms with Crippen LogP contribution in [0.3, 0.4) is 0 Å². The molecule has 4 rings (SSSR count). The molecule has 25 heavy (non-hydrogen) atoms. The Bertz CT molecular complexity index is 1020. The summed E-state index contributed by atoms with van der Waals surface area (Å²) in [4.78, 5) is 4.41. The minimum atomic E-state index is -0.0389. The Hall–Kier alpha value is -2.15. The summed E-state index contributed by atoms with van der Waals surface area (Å²) in [5.74, 6) is 0.162. The lowest BCUT2D eigenvalue weighted by molar-refractivity contribution is 0.420. The van der Waals surface area contributed by atoms with Gasteiger partial charge in [0.15, 0.2) is 0 Å². The number of rotatable bonds is 5. The third-order valence-corrected chi connectivity index (χ3v) is 5.89. The minimum absolute atomic E-state index is 0.0389. The molecule has 0 atom stereocenters. The lowest BCUT2D eigenvalue weighted by Crippen LogP contribution is -2.00. The first kappa shape index (κ1) is 16.3. The fourth-order valence-corrected chi connectivity index (χ4v) is 4.23. The summed E-state index contributed by atoms with van der Waals surface area (Å²) in [6.07, 6.45) is 2.14. The third kappa shape index (κ3) is 3.33. The van der Waals surface area contributed by atoms with E-state index in [1.807, 2.05) is 12.1 Å². The lowest BCUT2D eigenvalue weighted by atomic mass is 10.2. The number of nitrogens with zero attached hydrogens (tertiary/aromatic N) is 6. The molecule has 0 amide bonds. The molecular weight excluding hydrogens is 380 g/mol. The SMILES string of the molecule is N#CC(=C(O)CSc1nnnn1C1CC1)c1nc2cc(Cl)ccc2s1. The number of thiazole rings is 1. The molecular formula is C15H11ClN6OS2. The van der Waals surface area contributed by atoms with Crippen LogP contribution in [0, 0.1) is 11.3 Å². The highest BCUT2D eigenvalue weighted by molar-refractivity contribution is 7.99. The van der Waals surface area contributed by atoms with E-state index in [4.69, 9.17) is 11.6 Å². The first-order valence-electron chi connectivity index (χ1n) is 7.45. The average Bonchev–Trinajstić information content (AvgIpc) is 3.19. The van der Waals surface area contributed by atoms with Gasteiger partial charge in [-0.05, 0) is 41.5 Å². The standard InChI is InChI=1S/C15H11ClN6OS2/c16-8-1-4-13-11(5-8)18-14(25-13)10(6-17)12(23)7-24-15-19-20-21-22(15)9-2-3-9/h1,4-5,9,23H,2-3,7H2. The Labute approximate surface area is 155 Å². The largest absolute Gasteiger partial charge is 0.510 e. The number of nitriles is 1. The van der Waals surface area contributed by atoms with Crippen molar-refractivity contribution in [1.82, 2.24) is 25.2 Å². The molecule has 2 aromatic heterocycles. The van der Waals surface area contributed by atoms with E-state index < -0.39 is 0 Å². The molecule has 0 bridgehead atoms. The first-order chi connectivity index (χ1) is 12.2. The minimum Gasteiger partial charge on any atom is -0.510 e. The number of thioether (sulfide) groups is 1. The van der Waals surface area contributed by atoms with Gasteiger partial charge in [0.05, 0.1) is 22.0 Å². The zero-order chi connectivity index (χ0) is 17.4. The van der Waals surface area contributed by atoms with Crippen molar-refractivity contribution in [2.24, 2.45) is 0 Å². The highest BCUT2D eigenvalue weighted by atomic mass is 35.5. The van der Waals surface area contributed by atoms with Crippen molar-refractivity contribution in [2.75, 3.05) is 5.75 Å². The van der Waals surface area contributed by atoms with Gasteiger partial charge in [-0.1, -0.05) is 23.4 Å². The van der Waals surface area contributed by atoms with E-state index in [2.05, 4.69) is 20.5 Å². The van der Waals surface area contributed by atoms with E-state index in [1.165, 1.54) is 23.1 Å². The van der Waals surface area contributed by atoms with E-state index in [-0.39, 0.29) is 17.1 Å².